The summed E-state index contributed by atoms with van der Waals surface area (Å²) in [7, 11) is 0. The smallest absolute Gasteiger partial charge is 0.223 e. The second-order valence-electron chi connectivity index (χ2n) is 3.44. The molecule has 6 heteroatoms. The number of aromatic nitrogens is 2. The van der Waals surface area contributed by atoms with Crippen LogP contribution < -0.4 is 5.32 Å². The molecular weight excluding hydrogens is 198 g/mol. The highest BCUT2D eigenvalue weighted by Gasteiger charge is 2.13. The van der Waals surface area contributed by atoms with Crippen molar-refractivity contribution >= 4 is 0 Å². The molecule has 0 bridgehead atoms. The van der Waals surface area contributed by atoms with Crippen LogP contribution in [0.15, 0.2) is 4.52 Å². The summed E-state index contributed by atoms with van der Waals surface area (Å²) in [6.07, 6.45) is 0.131. The first-order chi connectivity index (χ1) is 7.34. The van der Waals surface area contributed by atoms with E-state index in [9.17, 15) is 0 Å². The number of aryl methyl sites for hydroxylation is 1. The first-order valence-electron chi connectivity index (χ1n) is 5.04. The maximum Gasteiger partial charge on any atom is 0.223 e. The average molecular weight is 213 g/mol. The summed E-state index contributed by atoms with van der Waals surface area (Å²) in [4.78, 5) is 4.03. The SMILES string of the molecule is Cc1nc(COCC2CNCCO2)no1. The van der Waals surface area contributed by atoms with E-state index in [0.29, 0.717) is 24.9 Å². The largest absolute Gasteiger partial charge is 0.373 e. The Morgan fingerprint density at radius 2 is 2.53 bits per heavy atom. The molecule has 1 aromatic heterocycles. The Labute approximate surface area is 87.9 Å². The van der Waals surface area contributed by atoms with Crippen LogP contribution in [0.3, 0.4) is 0 Å². The van der Waals surface area contributed by atoms with Gasteiger partial charge in [0.05, 0.1) is 19.3 Å². The quantitative estimate of drug-likeness (QED) is 0.752. The van der Waals surface area contributed by atoms with E-state index in [1.54, 1.807) is 6.92 Å². The monoisotopic (exact) mass is 213 g/mol. The molecule has 6 nitrogen and oxygen atoms in total. The van der Waals surface area contributed by atoms with E-state index in [0.717, 1.165) is 19.7 Å². The van der Waals surface area contributed by atoms with Crippen molar-refractivity contribution in [1.82, 2.24) is 15.5 Å². The molecule has 1 saturated heterocycles. The third kappa shape index (κ3) is 3.26. The average Bonchev–Trinajstić information content (AvgIpc) is 2.66. The normalized spacial score (nSPS) is 21.8. The van der Waals surface area contributed by atoms with Gasteiger partial charge in [0.1, 0.15) is 6.61 Å². The van der Waals surface area contributed by atoms with E-state index in [-0.39, 0.29) is 6.10 Å². The molecule has 0 aliphatic carbocycles. The van der Waals surface area contributed by atoms with E-state index in [2.05, 4.69) is 15.5 Å². The molecule has 1 atom stereocenters. The van der Waals surface area contributed by atoms with Crippen LogP contribution >= 0.6 is 0 Å². The van der Waals surface area contributed by atoms with Crippen molar-refractivity contribution in [3.05, 3.63) is 11.7 Å². The molecule has 0 saturated carbocycles. The highest BCUT2D eigenvalue weighted by atomic mass is 16.5. The molecule has 1 aliphatic heterocycles. The number of nitrogens with one attached hydrogen (secondary N) is 1. The summed E-state index contributed by atoms with van der Waals surface area (Å²) >= 11 is 0. The molecule has 84 valence electrons. The van der Waals surface area contributed by atoms with Crippen LogP contribution in [0.4, 0.5) is 0 Å². The predicted molar refractivity (Wildman–Crippen MR) is 51.3 cm³/mol. The van der Waals surface area contributed by atoms with E-state index in [4.69, 9.17) is 14.0 Å². The van der Waals surface area contributed by atoms with Crippen LogP contribution in [-0.2, 0) is 16.1 Å². The highest BCUT2D eigenvalue weighted by Crippen LogP contribution is 2.00. The van der Waals surface area contributed by atoms with Gasteiger partial charge in [-0.25, -0.2) is 0 Å². The summed E-state index contributed by atoms with van der Waals surface area (Å²) in [5, 5.41) is 6.96. The fourth-order valence-corrected chi connectivity index (χ4v) is 1.41. The molecule has 1 aromatic rings. The third-order valence-corrected chi connectivity index (χ3v) is 2.11. The summed E-state index contributed by atoms with van der Waals surface area (Å²) < 4.78 is 15.7. The second kappa shape index (κ2) is 5.20. The lowest BCUT2D eigenvalue weighted by Crippen LogP contribution is -2.40. The number of hydrogen-bond donors (Lipinski definition) is 1. The first kappa shape index (κ1) is 10.5. The number of nitrogens with zero attached hydrogens (tertiary/aromatic N) is 2. The second-order valence-corrected chi connectivity index (χ2v) is 3.44. The van der Waals surface area contributed by atoms with Gasteiger partial charge in [0, 0.05) is 20.0 Å². The van der Waals surface area contributed by atoms with Crippen LogP contribution in [0.5, 0.6) is 0 Å². The zero-order valence-electron chi connectivity index (χ0n) is 8.73. The fourth-order valence-electron chi connectivity index (χ4n) is 1.41. The van der Waals surface area contributed by atoms with Gasteiger partial charge in [0.2, 0.25) is 5.89 Å². The molecule has 0 amide bonds. The van der Waals surface area contributed by atoms with Crippen molar-refractivity contribution in [2.24, 2.45) is 0 Å². The van der Waals surface area contributed by atoms with Gasteiger partial charge in [-0.15, -0.1) is 0 Å². The minimum atomic E-state index is 0.131. The molecule has 2 rings (SSSR count). The summed E-state index contributed by atoms with van der Waals surface area (Å²) in [5.74, 6) is 1.14. The van der Waals surface area contributed by atoms with Crippen LogP contribution in [0.2, 0.25) is 0 Å². The zero-order valence-corrected chi connectivity index (χ0v) is 8.73. The topological polar surface area (TPSA) is 69.4 Å². The molecule has 1 fully saturated rings. The molecule has 1 unspecified atom stereocenters. The molecule has 2 heterocycles. The summed E-state index contributed by atoms with van der Waals surface area (Å²) in [5.41, 5.74) is 0. The molecule has 0 radical (unpaired) electrons. The van der Waals surface area contributed by atoms with Crippen LogP contribution in [-0.4, -0.2) is 42.5 Å². The van der Waals surface area contributed by atoms with Gasteiger partial charge in [-0.1, -0.05) is 5.16 Å². The van der Waals surface area contributed by atoms with E-state index in [1.807, 2.05) is 0 Å². The summed E-state index contributed by atoms with van der Waals surface area (Å²) in [6, 6.07) is 0. The Kier molecular flexibility index (Phi) is 3.65. The number of hydrogen-bond acceptors (Lipinski definition) is 6. The van der Waals surface area contributed by atoms with Gasteiger partial charge in [-0.3, -0.25) is 0 Å². The number of morpholine rings is 1. The van der Waals surface area contributed by atoms with Crippen molar-refractivity contribution in [2.45, 2.75) is 19.6 Å². The zero-order chi connectivity index (χ0) is 10.5. The minimum absolute atomic E-state index is 0.131. The lowest BCUT2D eigenvalue weighted by Gasteiger charge is -2.22. The Balaban J connectivity index is 1.65. The molecule has 0 spiro atoms. The van der Waals surface area contributed by atoms with Gasteiger partial charge in [0.15, 0.2) is 5.82 Å². The number of ether oxygens (including phenoxy) is 2. The molecule has 1 aliphatic rings. The van der Waals surface area contributed by atoms with Gasteiger partial charge in [-0.05, 0) is 0 Å². The van der Waals surface area contributed by atoms with Gasteiger partial charge in [-0.2, -0.15) is 4.98 Å². The molecule has 15 heavy (non-hydrogen) atoms. The summed E-state index contributed by atoms with van der Waals surface area (Å²) in [6.45, 7) is 5.18. The highest BCUT2D eigenvalue weighted by molar-refractivity contribution is 4.80. The Bertz CT molecular complexity index is 297. The maximum absolute atomic E-state index is 5.47. The fraction of sp³-hybridized carbons (Fsp3) is 0.778. The van der Waals surface area contributed by atoms with Crippen molar-refractivity contribution in [2.75, 3.05) is 26.3 Å². The molecular formula is C9H15N3O3. The van der Waals surface area contributed by atoms with Gasteiger partial charge >= 0.3 is 0 Å². The Morgan fingerprint density at radius 3 is 3.20 bits per heavy atom. The maximum atomic E-state index is 5.47. The van der Waals surface area contributed by atoms with E-state index in [1.165, 1.54) is 0 Å². The van der Waals surface area contributed by atoms with Gasteiger partial charge < -0.3 is 19.3 Å². The molecule has 0 aromatic carbocycles. The molecule has 1 N–H and O–H groups in total. The Hall–Kier alpha value is -0.980. The predicted octanol–water partition coefficient (Wildman–Crippen LogP) is -0.117. The third-order valence-electron chi connectivity index (χ3n) is 2.11. The van der Waals surface area contributed by atoms with E-state index < -0.39 is 0 Å². The van der Waals surface area contributed by atoms with Gasteiger partial charge in [0.25, 0.3) is 0 Å². The number of rotatable bonds is 4. The van der Waals surface area contributed by atoms with Crippen molar-refractivity contribution < 1.29 is 14.0 Å². The lowest BCUT2D eigenvalue weighted by molar-refractivity contribution is -0.0371. The van der Waals surface area contributed by atoms with Crippen molar-refractivity contribution in [3.63, 3.8) is 0 Å². The van der Waals surface area contributed by atoms with Crippen LogP contribution in [0.1, 0.15) is 11.7 Å². The Morgan fingerprint density at radius 1 is 1.60 bits per heavy atom. The lowest BCUT2D eigenvalue weighted by atomic mass is 10.3. The standard InChI is InChI=1S/C9H15N3O3/c1-7-11-9(12-15-7)6-13-5-8-4-10-2-3-14-8/h8,10H,2-6H2,1H3. The van der Waals surface area contributed by atoms with Crippen molar-refractivity contribution in [1.29, 1.82) is 0 Å². The minimum Gasteiger partial charge on any atom is -0.373 e. The van der Waals surface area contributed by atoms with Crippen LogP contribution in [0, 0.1) is 6.92 Å². The van der Waals surface area contributed by atoms with E-state index >= 15 is 0 Å². The van der Waals surface area contributed by atoms with Crippen molar-refractivity contribution in [3.8, 4) is 0 Å². The first-order valence-corrected chi connectivity index (χ1v) is 5.04. The van der Waals surface area contributed by atoms with Crippen LogP contribution in [0.25, 0.3) is 0 Å².